The molecule has 0 N–H and O–H groups in total. The summed E-state index contributed by atoms with van der Waals surface area (Å²) in [6.45, 7) is 4.09. The third-order valence-corrected chi connectivity index (χ3v) is 1.37. The number of hydrogen-bond donors (Lipinski definition) is 0. The van der Waals surface area contributed by atoms with Gasteiger partial charge < -0.3 is 4.52 Å². The van der Waals surface area contributed by atoms with Gasteiger partial charge in [-0.05, 0) is 13.3 Å². The van der Waals surface area contributed by atoms with Crippen molar-refractivity contribution in [3.8, 4) is 0 Å². The molecule has 0 aliphatic heterocycles. The van der Waals surface area contributed by atoms with Crippen molar-refractivity contribution >= 4 is 0 Å². The molecule has 0 fully saturated rings. The molecule has 0 saturated carbocycles. The van der Waals surface area contributed by atoms with Crippen LogP contribution >= 0.6 is 0 Å². The molecule has 2 nitrogen and oxygen atoms in total. The predicted molar refractivity (Wildman–Crippen MR) is 35.2 cm³/mol. The maximum atomic E-state index is 4.87. The van der Waals surface area contributed by atoms with Gasteiger partial charge >= 0.3 is 0 Å². The van der Waals surface area contributed by atoms with Crippen molar-refractivity contribution in [2.24, 2.45) is 0 Å². The zero-order chi connectivity index (χ0) is 6.69. The van der Waals surface area contributed by atoms with E-state index in [0.717, 1.165) is 18.6 Å². The summed E-state index contributed by atoms with van der Waals surface area (Å²) in [5.74, 6) is 0.955. The Balaban J connectivity index is 2.69. The van der Waals surface area contributed by atoms with E-state index in [1.807, 2.05) is 6.92 Å². The second kappa shape index (κ2) is 2.67. The molecule has 0 amide bonds. The molecule has 1 aromatic rings. The first-order valence-electron chi connectivity index (χ1n) is 3.24. The highest BCUT2D eigenvalue weighted by Crippen LogP contribution is 2.07. The van der Waals surface area contributed by atoms with Crippen LogP contribution in [0.4, 0.5) is 0 Å². The first-order chi connectivity index (χ1) is 4.34. The second-order valence-electron chi connectivity index (χ2n) is 2.16. The first-order valence-corrected chi connectivity index (χ1v) is 3.24. The van der Waals surface area contributed by atoms with Gasteiger partial charge in [-0.25, -0.2) is 0 Å². The molecule has 0 saturated heterocycles. The number of hydrogen-bond acceptors (Lipinski definition) is 2. The van der Waals surface area contributed by atoms with Crippen LogP contribution in [0.3, 0.4) is 0 Å². The van der Waals surface area contributed by atoms with Crippen LogP contribution in [0, 0.1) is 6.92 Å². The van der Waals surface area contributed by atoms with E-state index in [0.29, 0.717) is 0 Å². The van der Waals surface area contributed by atoms with Crippen LogP contribution in [-0.4, -0.2) is 5.16 Å². The molecule has 0 bridgehead atoms. The minimum atomic E-state index is 0.955. The zero-order valence-corrected chi connectivity index (χ0v) is 5.85. The van der Waals surface area contributed by atoms with E-state index < -0.39 is 0 Å². The molecule has 0 spiro atoms. The fourth-order valence-electron chi connectivity index (χ4n) is 0.828. The lowest BCUT2D eigenvalue weighted by molar-refractivity contribution is 0.396. The van der Waals surface area contributed by atoms with Crippen LogP contribution < -0.4 is 0 Å². The van der Waals surface area contributed by atoms with Gasteiger partial charge in [0.25, 0.3) is 0 Å². The molecule has 50 valence electrons. The highest BCUT2D eigenvalue weighted by molar-refractivity contribution is 5.10. The van der Waals surface area contributed by atoms with Crippen LogP contribution in [0.2, 0.25) is 0 Å². The lowest BCUT2D eigenvalue weighted by Gasteiger charge is -1.88. The zero-order valence-electron chi connectivity index (χ0n) is 5.85. The highest BCUT2D eigenvalue weighted by atomic mass is 16.5. The summed E-state index contributed by atoms with van der Waals surface area (Å²) < 4.78 is 4.87. The quantitative estimate of drug-likeness (QED) is 0.603. The minimum Gasteiger partial charge on any atom is -0.361 e. The fraction of sp³-hybridized carbons (Fsp3) is 0.571. The van der Waals surface area contributed by atoms with Crippen molar-refractivity contribution in [2.75, 3.05) is 0 Å². The average Bonchev–Trinajstić information content (AvgIpc) is 2.18. The summed E-state index contributed by atoms with van der Waals surface area (Å²) in [7, 11) is 0. The predicted octanol–water partition coefficient (Wildman–Crippen LogP) is 1.94. The van der Waals surface area contributed by atoms with Crippen molar-refractivity contribution < 1.29 is 4.52 Å². The standard InChI is InChI=1S/C7H11NO/c1-3-4-7-5-8-9-6(7)2/h5H,3-4H2,1-2H3. The molecule has 1 rings (SSSR count). The van der Waals surface area contributed by atoms with Gasteiger partial charge in [0, 0.05) is 5.56 Å². The van der Waals surface area contributed by atoms with Crippen LogP contribution in [-0.2, 0) is 6.42 Å². The van der Waals surface area contributed by atoms with E-state index in [1.165, 1.54) is 5.56 Å². The third-order valence-electron chi connectivity index (χ3n) is 1.37. The van der Waals surface area contributed by atoms with Crippen molar-refractivity contribution in [3.05, 3.63) is 17.5 Å². The Morgan fingerprint density at radius 2 is 2.44 bits per heavy atom. The van der Waals surface area contributed by atoms with E-state index in [2.05, 4.69) is 12.1 Å². The normalized spacial score (nSPS) is 10.0. The highest BCUT2D eigenvalue weighted by Gasteiger charge is 1.98. The molecule has 9 heavy (non-hydrogen) atoms. The number of aryl methyl sites for hydroxylation is 2. The average molecular weight is 125 g/mol. The Morgan fingerprint density at radius 1 is 1.67 bits per heavy atom. The lowest BCUT2D eigenvalue weighted by Crippen LogP contribution is -1.80. The van der Waals surface area contributed by atoms with Gasteiger partial charge in [-0.3, -0.25) is 0 Å². The van der Waals surface area contributed by atoms with Crippen molar-refractivity contribution in [2.45, 2.75) is 26.7 Å². The Labute approximate surface area is 54.9 Å². The van der Waals surface area contributed by atoms with Crippen LogP contribution in [0.1, 0.15) is 24.7 Å². The Morgan fingerprint density at radius 3 is 2.89 bits per heavy atom. The van der Waals surface area contributed by atoms with Crippen LogP contribution in [0.5, 0.6) is 0 Å². The van der Waals surface area contributed by atoms with Gasteiger partial charge in [-0.2, -0.15) is 0 Å². The van der Waals surface area contributed by atoms with Gasteiger partial charge in [0.1, 0.15) is 5.76 Å². The number of rotatable bonds is 2. The first kappa shape index (κ1) is 6.33. The second-order valence-corrected chi connectivity index (χ2v) is 2.16. The largest absolute Gasteiger partial charge is 0.361 e. The molecule has 2 heteroatoms. The maximum Gasteiger partial charge on any atom is 0.136 e. The number of nitrogens with zero attached hydrogens (tertiary/aromatic N) is 1. The van der Waals surface area contributed by atoms with Crippen LogP contribution in [0.25, 0.3) is 0 Å². The van der Waals surface area contributed by atoms with E-state index in [9.17, 15) is 0 Å². The monoisotopic (exact) mass is 125 g/mol. The third kappa shape index (κ3) is 1.31. The van der Waals surface area contributed by atoms with Gasteiger partial charge in [-0.1, -0.05) is 18.5 Å². The van der Waals surface area contributed by atoms with Gasteiger partial charge in [0.2, 0.25) is 0 Å². The lowest BCUT2D eigenvalue weighted by atomic mass is 10.2. The molecule has 0 aliphatic rings. The molecule has 0 radical (unpaired) electrons. The summed E-state index contributed by atoms with van der Waals surface area (Å²) in [6, 6.07) is 0. The van der Waals surface area contributed by atoms with E-state index in [-0.39, 0.29) is 0 Å². The Bertz CT molecular complexity index is 181. The molecular weight excluding hydrogens is 114 g/mol. The molecule has 0 aromatic carbocycles. The van der Waals surface area contributed by atoms with E-state index in [1.54, 1.807) is 6.20 Å². The van der Waals surface area contributed by atoms with Gasteiger partial charge in [0.05, 0.1) is 6.20 Å². The summed E-state index contributed by atoms with van der Waals surface area (Å²) in [4.78, 5) is 0. The molecule has 0 unspecified atom stereocenters. The van der Waals surface area contributed by atoms with E-state index in [4.69, 9.17) is 4.52 Å². The number of aromatic nitrogens is 1. The van der Waals surface area contributed by atoms with Gasteiger partial charge in [0.15, 0.2) is 0 Å². The Kier molecular flexibility index (Phi) is 1.88. The van der Waals surface area contributed by atoms with Gasteiger partial charge in [-0.15, -0.1) is 0 Å². The molecule has 0 aliphatic carbocycles. The fourth-order valence-corrected chi connectivity index (χ4v) is 0.828. The minimum absolute atomic E-state index is 0.955. The van der Waals surface area contributed by atoms with E-state index >= 15 is 0 Å². The Hall–Kier alpha value is -0.790. The van der Waals surface area contributed by atoms with Crippen LogP contribution in [0.15, 0.2) is 10.7 Å². The van der Waals surface area contributed by atoms with Crippen molar-refractivity contribution in [1.29, 1.82) is 0 Å². The SMILES string of the molecule is CCCc1cnoc1C. The summed E-state index contributed by atoms with van der Waals surface area (Å²) in [5.41, 5.74) is 1.23. The molecular formula is C7H11NO. The maximum absolute atomic E-state index is 4.87. The summed E-state index contributed by atoms with van der Waals surface area (Å²) in [6.07, 6.45) is 4.02. The smallest absolute Gasteiger partial charge is 0.136 e. The molecule has 1 heterocycles. The summed E-state index contributed by atoms with van der Waals surface area (Å²) >= 11 is 0. The molecule has 0 atom stereocenters. The summed E-state index contributed by atoms with van der Waals surface area (Å²) in [5, 5.41) is 3.67. The topological polar surface area (TPSA) is 26.0 Å². The molecule has 1 aromatic heterocycles. The van der Waals surface area contributed by atoms with Crippen molar-refractivity contribution in [1.82, 2.24) is 5.16 Å². The van der Waals surface area contributed by atoms with Crippen molar-refractivity contribution in [3.63, 3.8) is 0 Å².